The Labute approximate surface area is 208 Å². The van der Waals surface area contributed by atoms with Gasteiger partial charge in [0.1, 0.15) is 0 Å². The van der Waals surface area contributed by atoms with Gasteiger partial charge in [0.15, 0.2) is 0 Å². The van der Waals surface area contributed by atoms with Crippen LogP contribution in [0, 0.1) is 0 Å². The van der Waals surface area contributed by atoms with Gasteiger partial charge in [-0.3, -0.25) is 0 Å². The quantitative estimate of drug-likeness (QED) is 0.450. The SMILES string of the molecule is CB1N(c2ccccc2)B(C)N(c2ccccc2)B(C)N(C(C)(C)C)B(C)N1c1ccccc1. The highest BCUT2D eigenvalue weighted by Crippen LogP contribution is 2.33. The van der Waals surface area contributed by atoms with Crippen molar-refractivity contribution in [3.8, 4) is 0 Å². The van der Waals surface area contributed by atoms with E-state index >= 15 is 0 Å². The molecule has 0 aromatic heterocycles. The Balaban J connectivity index is 1.94. The molecule has 1 heterocycles. The molecule has 3 aromatic carbocycles. The fourth-order valence-corrected chi connectivity index (χ4v) is 6.00. The number of anilines is 3. The normalized spacial score (nSPS) is 16.1. The summed E-state index contributed by atoms with van der Waals surface area (Å²) in [6, 6.07) is 32.6. The lowest BCUT2D eigenvalue weighted by Gasteiger charge is -2.57. The van der Waals surface area contributed by atoms with Gasteiger partial charge >= 0.3 is 27.9 Å². The molecular weight excluding hydrogens is 412 g/mol. The first kappa shape index (κ1) is 24.4. The minimum Gasteiger partial charge on any atom is -0.430 e. The van der Waals surface area contributed by atoms with Crippen LogP contribution in [0.3, 0.4) is 0 Å². The molecule has 0 atom stereocenters. The van der Waals surface area contributed by atoms with Crippen LogP contribution in [0.1, 0.15) is 20.8 Å². The lowest BCUT2D eigenvalue weighted by molar-refractivity contribution is 0.361. The van der Waals surface area contributed by atoms with Crippen molar-refractivity contribution < 1.29 is 0 Å². The predicted molar refractivity (Wildman–Crippen MR) is 155 cm³/mol. The van der Waals surface area contributed by atoms with Gasteiger partial charge in [0.2, 0.25) is 0 Å². The number of benzene rings is 3. The van der Waals surface area contributed by atoms with Gasteiger partial charge in [-0.1, -0.05) is 68.2 Å². The summed E-state index contributed by atoms with van der Waals surface area (Å²) in [5.41, 5.74) is 3.68. The van der Waals surface area contributed by atoms with Crippen LogP contribution in [0.25, 0.3) is 0 Å². The van der Waals surface area contributed by atoms with Gasteiger partial charge in [0.25, 0.3) is 0 Å². The van der Waals surface area contributed by atoms with Crippen molar-refractivity contribution in [2.24, 2.45) is 0 Å². The molecule has 3 aromatic rings. The summed E-state index contributed by atoms with van der Waals surface area (Å²) in [6.07, 6.45) is 0. The zero-order valence-corrected chi connectivity index (χ0v) is 21.8. The number of hydrogen-bond donors (Lipinski definition) is 0. The molecule has 0 N–H and O–H groups in total. The molecule has 1 fully saturated rings. The van der Waals surface area contributed by atoms with Crippen molar-refractivity contribution in [3.05, 3.63) is 91.0 Å². The maximum absolute atomic E-state index is 2.66. The monoisotopic (exact) mass is 448 g/mol. The molecule has 4 nitrogen and oxygen atoms in total. The van der Waals surface area contributed by atoms with Gasteiger partial charge in [0.05, 0.1) is 0 Å². The van der Waals surface area contributed by atoms with Gasteiger partial charge in [-0.2, -0.15) is 0 Å². The van der Waals surface area contributed by atoms with E-state index in [1.54, 1.807) is 0 Å². The van der Waals surface area contributed by atoms with Crippen LogP contribution in [0.5, 0.6) is 0 Å². The summed E-state index contributed by atoms with van der Waals surface area (Å²) in [7, 11) is 0. The Kier molecular flexibility index (Phi) is 7.09. The average molecular weight is 448 g/mol. The second kappa shape index (κ2) is 9.87. The van der Waals surface area contributed by atoms with Crippen LogP contribution in [-0.4, -0.2) is 38.2 Å². The second-order valence-electron chi connectivity index (χ2n) is 10.3. The molecule has 172 valence electrons. The van der Waals surface area contributed by atoms with E-state index in [-0.39, 0.29) is 33.5 Å². The number of nitrogens with zero attached hydrogens (tertiary/aromatic N) is 4. The molecule has 0 amide bonds. The predicted octanol–water partition coefficient (Wildman–Crippen LogP) is 6.09. The molecule has 4 rings (SSSR count). The molecule has 0 radical (unpaired) electrons. The van der Waals surface area contributed by atoms with Crippen LogP contribution in [0.2, 0.25) is 27.3 Å². The van der Waals surface area contributed by atoms with E-state index in [0.29, 0.717) is 0 Å². The summed E-state index contributed by atoms with van der Waals surface area (Å²) < 4.78 is 10.4. The van der Waals surface area contributed by atoms with Crippen LogP contribution >= 0.6 is 0 Å². The van der Waals surface area contributed by atoms with Crippen molar-refractivity contribution >= 4 is 45.0 Å². The molecule has 0 aliphatic carbocycles. The number of rotatable bonds is 3. The first-order valence-electron chi connectivity index (χ1n) is 12.5. The Morgan fingerprint density at radius 2 is 0.706 bits per heavy atom. The standard InChI is InChI=1S/C26H36B4N4/c1-26(2,3)34-29(6)32(24-19-13-9-14-20-24)27(4)31(23-17-11-8-12-18-23)28(5)33(30(34)7)25-21-15-10-16-22-25/h8-22H,1-7H3. The smallest absolute Gasteiger partial charge is 0.348 e. The maximum atomic E-state index is 2.66. The fraction of sp³-hybridized carbons (Fsp3) is 0.308. The molecule has 34 heavy (non-hydrogen) atoms. The zero-order chi connectivity index (χ0) is 24.5. The summed E-state index contributed by atoms with van der Waals surface area (Å²) in [4.78, 5) is 0. The number of para-hydroxylation sites is 3. The molecule has 0 unspecified atom stereocenters. The van der Waals surface area contributed by atoms with Crippen LogP contribution in [-0.2, 0) is 0 Å². The van der Waals surface area contributed by atoms with Gasteiger partial charge in [-0.25, -0.2) is 0 Å². The minimum absolute atomic E-state index is 0.0345. The van der Waals surface area contributed by atoms with E-state index in [4.69, 9.17) is 0 Å². The fourth-order valence-electron chi connectivity index (χ4n) is 6.00. The van der Waals surface area contributed by atoms with E-state index in [2.05, 4.69) is 158 Å². The molecule has 0 spiro atoms. The largest absolute Gasteiger partial charge is 0.430 e. The first-order chi connectivity index (χ1) is 16.2. The molecule has 1 aliphatic heterocycles. The highest BCUT2D eigenvalue weighted by molar-refractivity contribution is 7.00. The van der Waals surface area contributed by atoms with E-state index in [1.807, 2.05) is 0 Å². The third-order valence-electron chi connectivity index (χ3n) is 7.16. The van der Waals surface area contributed by atoms with Gasteiger partial charge in [0, 0.05) is 17.1 Å². The first-order valence-corrected chi connectivity index (χ1v) is 12.5. The minimum atomic E-state index is -0.0345. The maximum Gasteiger partial charge on any atom is 0.348 e. The van der Waals surface area contributed by atoms with Gasteiger partial charge in [-0.05, 0) is 76.4 Å². The Morgan fingerprint density at radius 3 is 0.971 bits per heavy atom. The Bertz CT molecular complexity index is 989. The molecule has 0 bridgehead atoms. The summed E-state index contributed by atoms with van der Waals surface area (Å²) in [5, 5.41) is 0. The molecule has 0 saturated carbocycles. The van der Waals surface area contributed by atoms with Crippen molar-refractivity contribution in [2.75, 3.05) is 14.2 Å². The lowest BCUT2D eigenvalue weighted by Crippen LogP contribution is -2.78. The summed E-state index contributed by atoms with van der Waals surface area (Å²) in [6.45, 7) is 17.0. The van der Waals surface area contributed by atoms with E-state index < -0.39 is 0 Å². The third kappa shape index (κ3) is 4.61. The van der Waals surface area contributed by atoms with Crippen LogP contribution < -0.4 is 14.2 Å². The number of hydrogen-bond acceptors (Lipinski definition) is 4. The molecule has 1 saturated heterocycles. The van der Waals surface area contributed by atoms with E-state index in [1.165, 1.54) is 17.1 Å². The third-order valence-corrected chi connectivity index (χ3v) is 7.16. The van der Waals surface area contributed by atoms with Gasteiger partial charge in [-0.15, -0.1) is 0 Å². The average Bonchev–Trinajstić information content (AvgIpc) is 2.80. The summed E-state index contributed by atoms with van der Waals surface area (Å²) >= 11 is 0. The van der Waals surface area contributed by atoms with Crippen molar-refractivity contribution in [1.82, 2.24) is 4.72 Å². The van der Waals surface area contributed by atoms with Gasteiger partial charge < -0.3 is 18.9 Å². The molecular formula is C26H36B4N4. The lowest BCUT2D eigenvalue weighted by atomic mass is 9.43. The van der Waals surface area contributed by atoms with Crippen LogP contribution in [0.4, 0.5) is 17.1 Å². The van der Waals surface area contributed by atoms with E-state index in [9.17, 15) is 0 Å². The Hall–Kier alpha value is -2.72. The van der Waals surface area contributed by atoms with Crippen molar-refractivity contribution in [2.45, 2.75) is 53.6 Å². The highest BCUT2D eigenvalue weighted by atomic mass is 15.3. The van der Waals surface area contributed by atoms with Crippen molar-refractivity contribution in [1.29, 1.82) is 0 Å². The second-order valence-corrected chi connectivity index (χ2v) is 10.3. The van der Waals surface area contributed by atoms with Crippen molar-refractivity contribution in [3.63, 3.8) is 0 Å². The molecule has 8 heteroatoms. The Morgan fingerprint density at radius 1 is 0.441 bits per heavy atom. The highest BCUT2D eigenvalue weighted by Gasteiger charge is 2.50. The summed E-state index contributed by atoms with van der Waals surface area (Å²) in [5.74, 6) is 0. The zero-order valence-electron chi connectivity index (χ0n) is 21.8. The van der Waals surface area contributed by atoms with E-state index in [0.717, 1.165) is 0 Å². The topological polar surface area (TPSA) is 13.0 Å². The molecule has 1 aliphatic rings. The van der Waals surface area contributed by atoms with Crippen LogP contribution in [0.15, 0.2) is 91.0 Å².